The molecule has 0 bridgehead atoms. The maximum Gasteiger partial charge on any atom is 0.407 e. The molecule has 0 saturated carbocycles. The van der Waals surface area contributed by atoms with Crippen LogP contribution in [0.4, 0.5) is 4.79 Å². The fourth-order valence-electron chi connectivity index (χ4n) is 4.40. The summed E-state index contributed by atoms with van der Waals surface area (Å²) >= 11 is 0. The van der Waals surface area contributed by atoms with Gasteiger partial charge in [-0.05, 0) is 52.3 Å². The average molecular weight is 448 g/mol. The van der Waals surface area contributed by atoms with Gasteiger partial charge in [0.2, 0.25) is 0 Å². The molecular formula is C27H29NO5. The second-order valence-electron chi connectivity index (χ2n) is 8.40. The van der Waals surface area contributed by atoms with Crippen LogP contribution in [0.2, 0.25) is 0 Å². The van der Waals surface area contributed by atoms with Gasteiger partial charge in [-0.15, -0.1) is 0 Å². The van der Waals surface area contributed by atoms with Crippen LogP contribution in [-0.4, -0.2) is 40.7 Å². The van der Waals surface area contributed by atoms with Crippen LogP contribution in [-0.2, 0) is 11.3 Å². The van der Waals surface area contributed by atoms with Crippen molar-refractivity contribution in [3.8, 4) is 11.1 Å². The minimum Gasteiger partial charge on any atom is -0.449 e. The van der Waals surface area contributed by atoms with E-state index in [2.05, 4.69) is 29.6 Å². The average Bonchev–Trinajstić information content (AvgIpc) is 3.16. The molecule has 3 aromatic carbocycles. The van der Waals surface area contributed by atoms with E-state index in [4.69, 9.17) is 4.74 Å². The van der Waals surface area contributed by atoms with Crippen molar-refractivity contribution < 1.29 is 24.9 Å². The Kier molecular flexibility index (Phi) is 7.08. The van der Waals surface area contributed by atoms with Gasteiger partial charge in [0.25, 0.3) is 0 Å². The fraction of sp³-hybridized carbons (Fsp3) is 0.296. The number of carbonyl (C=O) groups excluding carboxylic acids is 1. The van der Waals surface area contributed by atoms with Crippen molar-refractivity contribution in [2.24, 2.45) is 0 Å². The van der Waals surface area contributed by atoms with E-state index in [1.807, 2.05) is 31.2 Å². The highest BCUT2D eigenvalue weighted by Gasteiger charge is 2.29. The predicted molar refractivity (Wildman–Crippen MR) is 126 cm³/mol. The summed E-state index contributed by atoms with van der Waals surface area (Å²) in [5, 5.41) is 32.8. The molecule has 0 spiro atoms. The molecule has 33 heavy (non-hydrogen) atoms. The van der Waals surface area contributed by atoms with Gasteiger partial charge in [0, 0.05) is 12.5 Å². The van der Waals surface area contributed by atoms with Crippen LogP contribution in [0.25, 0.3) is 11.1 Å². The number of hydrogen-bond donors (Lipinski definition) is 4. The van der Waals surface area contributed by atoms with Crippen molar-refractivity contribution in [3.05, 3.63) is 94.5 Å². The Morgan fingerprint density at radius 3 is 2.27 bits per heavy atom. The number of nitrogens with one attached hydrogen (secondary N) is 1. The van der Waals surface area contributed by atoms with Crippen LogP contribution < -0.4 is 5.32 Å². The number of benzene rings is 3. The van der Waals surface area contributed by atoms with E-state index < -0.39 is 18.3 Å². The van der Waals surface area contributed by atoms with Crippen molar-refractivity contribution in [2.45, 2.75) is 38.1 Å². The summed E-state index contributed by atoms with van der Waals surface area (Å²) in [5.41, 5.74) is 6.77. The first-order valence-corrected chi connectivity index (χ1v) is 11.1. The van der Waals surface area contributed by atoms with E-state index in [-0.39, 0.29) is 32.1 Å². The molecule has 0 aliphatic heterocycles. The smallest absolute Gasteiger partial charge is 0.407 e. The number of carbonyl (C=O) groups is 1. The van der Waals surface area contributed by atoms with E-state index in [9.17, 15) is 20.1 Å². The van der Waals surface area contributed by atoms with Gasteiger partial charge in [0.05, 0.1) is 12.7 Å². The molecule has 6 nitrogen and oxygen atoms in total. The maximum atomic E-state index is 12.3. The maximum absolute atomic E-state index is 12.3. The standard InChI is InChI=1S/C27H29NO5/c1-17-10-11-18(14-19(17)15-29)26(31)25(30)12-13-28-27(32)33-16-24-22-8-4-2-6-20(22)21-7-3-5-9-23(21)24/h2-11,14,24-26,29-31H,12-13,15-16H2,1H3,(H,28,32). The number of fused-ring (bicyclic) bond motifs is 3. The van der Waals surface area contributed by atoms with Crippen molar-refractivity contribution in [1.82, 2.24) is 5.32 Å². The molecular weight excluding hydrogens is 418 g/mol. The third-order valence-electron chi connectivity index (χ3n) is 6.30. The highest BCUT2D eigenvalue weighted by molar-refractivity contribution is 5.79. The Labute approximate surface area is 193 Å². The van der Waals surface area contributed by atoms with Crippen LogP contribution in [0.5, 0.6) is 0 Å². The van der Waals surface area contributed by atoms with Gasteiger partial charge < -0.3 is 25.4 Å². The molecule has 0 radical (unpaired) electrons. The first-order valence-electron chi connectivity index (χ1n) is 11.1. The topological polar surface area (TPSA) is 99.0 Å². The molecule has 0 aromatic heterocycles. The molecule has 1 aliphatic carbocycles. The Bertz CT molecular complexity index is 1080. The molecule has 172 valence electrons. The number of alkyl carbamates (subject to hydrolysis) is 1. The largest absolute Gasteiger partial charge is 0.449 e. The van der Waals surface area contributed by atoms with Gasteiger partial charge in [0.1, 0.15) is 12.7 Å². The number of aryl methyl sites for hydroxylation is 1. The number of rotatable bonds is 8. The fourth-order valence-corrected chi connectivity index (χ4v) is 4.40. The van der Waals surface area contributed by atoms with Crippen LogP contribution in [0.15, 0.2) is 66.7 Å². The molecule has 0 saturated heterocycles. The lowest BCUT2D eigenvalue weighted by Gasteiger charge is -2.20. The Hall–Kier alpha value is -3.19. The number of ether oxygens (including phenoxy) is 1. The Morgan fingerprint density at radius 2 is 1.64 bits per heavy atom. The van der Waals surface area contributed by atoms with Crippen molar-refractivity contribution in [1.29, 1.82) is 0 Å². The molecule has 0 heterocycles. The van der Waals surface area contributed by atoms with Gasteiger partial charge >= 0.3 is 6.09 Å². The summed E-state index contributed by atoms with van der Waals surface area (Å²) in [4.78, 5) is 12.3. The summed E-state index contributed by atoms with van der Waals surface area (Å²) in [7, 11) is 0. The minimum atomic E-state index is -1.11. The normalized spacial score (nSPS) is 14.3. The van der Waals surface area contributed by atoms with Crippen molar-refractivity contribution in [2.75, 3.05) is 13.2 Å². The zero-order valence-electron chi connectivity index (χ0n) is 18.6. The minimum absolute atomic E-state index is 0.0159. The highest BCUT2D eigenvalue weighted by atomic mass is 16.5. The van der Waals surface area contributed by atoms with Gasteiger partial charge in [0.15, 0.2) is 0 Å². The molecule has 2 unspecified atom stereocenters. The summed E-state index contributed by atoms with van der Waals surface area (Å²) in [6.07, 6.45) is -2.57. The third-order valence-corrected chi connectivity index (χ3v) is 6.30. The lowest BCUT2D eigenvalue weighted by atomic mass is 9.98. The number of aliphatic hydroxyl groups excluding tert-OH is 3. The Morgan fingerprint density at radius 1 is 1.00 bits per heavy atom. The van der Waals surface area contributed by atoms with E-state index in [1.54, 1.807) is 18.2 Å². The predicted octanol–water partition coefficient (Wildman–Crippen LogP) is 3.81. The number of aliphatic hydroxyl groups is 3. The zero-order chi connectivity index (χ0) is 23.4. The third kappa shape index (κ3) is 4.93. The van der Waals surface area contributed by atoms with Gasteiger partial charge in [-0.25, -0.2) is 4.79 Å². The summed E-state index contributed by atoms with van der Waals surface area (Å²) in [5.74, 6) is -0.0159. The van der Waals surface area contributed by atoms with Crippen molar-refractivity contribution in [3.63, 3.8) is 0 Å². The van der Waals surface area contributed by atoms with Gasteiger partial charge in [-0.2, -0.15) is 0 Å². The van der Waals surface area contributed by atoms with Gasteiger partial charge in [-0.1, -0.05) is 66.7 Å². The van der Waals surface area contributed by atoms with Gasteiger partial charge in [-0.3, -0.25) is 0 Å². The molecule has 1 aliphatic rings. The first kappa shape index (κ1) is 23.0. The molecule has 6 heteroatoms. The molecule has 3 aromatic rings. The van der Waals surface area contributed by atoms with E-state index in [0.717, 1.165) is 16.7 Å². The van der Waals surface area contributed by atoms with Crippen molar-refractivity contribution >= 4 is 6.09 Å². The molecule has 1 amide bonds. The van der Waals surface area contributed by atoms with Crippen LogP contribution >= 0.6 is 0 Å². The molecule has 2 atom stereocenters. The highest BCUT2D eigenvalue weighted by Crippen LogP contribution is 2.44. The Balaban J connectivity index is 1.28. The molecule has 4 N–H and O–H groups in total. The van der Waals surface area contributed by atoms with E-state index >= 15 is 0 Å². The summed E-state index contributed by atoms with van der Waals surface area (Å²) in [6, 6.07) is 21.5. The SMILES string of the molecule is Cc1ccc(C(O)C(O)CCNC(=O)OCC2c3ccccc3-c3ccccc32)cc1CO. The monoisotopic (exact) mass is 447 g/mol. The number of amides is 1. The molecule has 0 fully saturated rings. The number of hydrogen-bond acceptors (Lipinski definition) is 5. The molecule has 4 rings (SSSR count). The quantitative estimate of drug-likeness (QED) is 0.421. The second-order valence-corrected chi connectivity index (χ2v) is 8.40. The van der Waals surface area contributed by atoms with Crippen LogP contribution in [0, 0.1) is 6.92 Å². The first-order chi connectivity index (χ1) is 16.0. The zero-order valence-corrected chi connectivity index (χ0v) is 18.6. The van der Waals surface area contributed by atoms with Crippen LogP contribution in [0.3, 0.4) is 0 Å². The van der Waals surface area contributed by atoms with E-state index in [1.165, 1.54) is 11.1 Å². The van der Waals surface area contributed by atoms with Crippen LogP contribution in [0.1, 0.15) is 46.3 Å². The summed E-state index contributed by atoms with van der Waals surface area (Å²) in [6.45, 7) is 2.12. The lowest BCUT2D eigenvalue weighted by Crippen LogP contribution is -2.30. The van der Waals surface area contributed by atoms with E-state index in [0.29, 0.717) is 11.1 Å². The summed E-state index contributed by atoms with van der Waals surface area (Å²) < 4.78 is 5.49. The lowest BCUT2D eigenvalue weighted by molar-refractivity contribution is 0.0136. The second kappa shape index (κ2) is 10.2.